The highest BCUT2D eigenvalue weighted by atomic mass is 16.1. The second kappa shape index (κ2) is 10.0. The monoisotopic (exact) mass is 345 g/mol. The highest BCUT2D eigenvalue weighted by Gasteiger charge is 2.29. The van der Waals surface area contributed by atoms with Crippen LogP contribution in [0.15, 0.2) is 35.3 Å². The van der Waals surface area contributed by atoms with Crippen molar-refractivity contribution in [2.45, 2.75) is 45.8 Å². The Kier molecular flexibility index (Phi) is 7.73. The molecule has 0 aromatic heterocycles. The molecule has 0 radical (unpaired) electrons. The van der Waals surface area contributed by atoms with Gasteiger partial charge in [0.2, 0.25) is 5.91 Å². The molecule has 1 aromatic rings. The van der Waals surface area contributed by atoms with Crippen molar-refractivity contribution in [2.24, 2.45) is 4.99 Å². The van der Waals surface area contributed by atoms with Crippen LogP contribution in [0, 0.1) is 0 Å². The van der Waals surface area contributed by atoms with Crippen LogP contribution in [0.25, 0.3) is 0 Å². The van der Waals surface area contributed by atoms with Gasteiger partial charge in [-0.25, -0.2) is 0 Å². The van der Waals surface area contributed by atoms with Crippen molar-refractivity contribution in [2.75, 3.05) is 26.2 Å². The van der Waals surface area contributed by atoms with E-state index in [0.29, 0.717) is 25.2 Å². The van der Waals surface area contributed by atoms with Crippen LogP contribution >= 0.6 is 0 Å². The molecule has 2 rings (SSSR count). The molecule has 0 spiro atoms. The van der Waals surface area contributed by atoms with Gasteiger partial charge < -0.3 is 16.0 Å². The van der Waals surface area contributed by atoms with E-state index in [4.69, 9.17) is 0 Å². The summed E-state index contributed by atoms with van der Waals surface area (Å²) in [7, 11) is 0. The summed E-state index contributed by atoms with van der Waals surface area (Å²) in [6.45, 7) is 9.81. The zero-order chi connectivity index (χ0) is 18.1. The summed E-state index contributed by atoms with van der Waals surface area (Å²) in [4.78, 5) is 18.0. The Labute approximate surface area is 151 Å². The Hall–Kier alpha value is -2.08. The number of carbonyl (C=O) groups is 1. The van der Waals surface area contributed by atoms with E-state index in [1.165, 1.54) is 12.5 Å². The van der Waals surface area contributed by atoms with Crippen LogP contribution in [0.1, 0.15) is 32.8 Å². The van der Waals surface area contributed by atoms with Crippen LogP contribution in [-0.4, -0.2) is 55.0 Å². The molecule has 0 bridgehead atoms. The molecule has 6 heteroatoms. The van der Waals surface area contributed by atoms with Crippen molar-refractivity contribution in [1.29, 1.82) is 0 Å². The quantitative estimate of drug-likeness (QED) is 0.396. The maximum Gasteiger partial charge on any atom is 0.216 e. The maximum atomic E-state index is 10.9. The number of carbonyl (C=O) groups excluding carboxylic acids is 1. The molecule has 0 saturated carbocycles. The lowest BCUT2D eigenvalue weighted by Crippen LogP contribution is -2.44. The molecule has 1 aromatic carbocycles. The van der Waals surface area contributed by atoms with Gasteiger partial charge in [-0.15, -0.1) is 0 Å². The second-order valence-electron chi connectivity index (χ2n) is 6.58. The molecule has 0 aliphatic carbocycles. The predicted octanol–water partition coefficient (Wildman–Crippen LogP) is 1.34. The Morgan fingerprint density at radius 1 is 1.28 bits per heavy atom. The first-order valence-corrected chi connectivity index (χ1v) is 9.15. The molecule has 2 unspecified atom stereocenters. The van der Waals surface area contributed by atoms with E-state index in [-0.39, 0.29) is 5.91 Å². The second-order valence-corrected chi connectivity index (χ2v) is 6.58. The third-order valence-electron chi connectivity index (χ3n) is 4.37. The van der Waals surface area contributed by atoms with Crippen molar-refractivity contribution in [3.8, 4) is 0 Å². The Bertz CT molecular complexity index is 560. The minimum absolute atomic E-state index is 0.0191. The first-order valence-electron chi connectivity index (χ1n) is 9.15. The zero-order valence-electron chi connectivity index (χ0n) is 15.6. The summed E-state index contributed by atoms with van der Waals surface area (Å²) in [5, 5.41) is 9.59. The number of rotatable bonds is 7. The van der Waals surface area contributed by atoms with Gasteiger partial charge in [0, 0.05) is 45.2 Å². The average Bonchev–Trinajstić information content (AvgIpc) is 2.92. The first kappa shape index (κ1) is 19.2. The number of likely N-dealkylation sites (tertiary alicyclic amines) is 1. The molecule has 2 atom stereocenters. The van der Waals surface area contributed by atoms with Crippen molar-refractivity contribution in [3.05, 3.63) is 35.9 Å². The third-order valence-corrected chi connectivity index (χ3v) is 4.37. The molecular formula is C19H31N5O. The minimum atomic E-state index is -0.0191. The fraction of sp³-hybridized carbons (Fsp3) is 0.579. The Balaban J connectivity index is 1.85. The van der Waals surface area contributed by atoms with Crippen molar-refractivity contribution < 1.29 is 4.79 Å². The number of hydrogen-bond donors (Lipinski definition) is 3. The number of hydrogen-bond acceptors (Lipinski definition) is 3. The first-order chi connectivity index (χ1) is 12.1. The predicted molar refractivity (Wildman–Crippen MR) is 103 cm³/mol. The molecule has 6 nitrogen and oxygen atoms in total. The third kappa shape index (κ3) is 6.74. The lowest BCUT2D eigenvalue weighted by molar-refractivity contribution is -0.118. The summed E-state index contributed by atoms with van der Waals surface area (Å²) >= 11 is 0. The molecule has 1 fully saturated rings. The summed E-state index contributed by atoms with van der Waals surface area (Å²) < 4.78 is 0. The molecule has 1 amide bonds. The molecule has 138 valence electrons. The van der Waals surface area contributed by atoms with Crippen LogP contribution in [0.3, 0.4) is 0 Å². The molecular weight excluding hydrogens is 314 g/mol. The van der Waals surface area contributed by atoms with Gasteiger partial charge in [-0.1, -0.05) is 30.3 Å². The van der Waals surface area contributed by atoms with Gasteiger partial charge in [0.25, 0.3) is 0 Å². The van der Waals surface area contributed by atoms with Crippen molar-refractivity contribution in [3.63, 3.8) is 0 Å². The largest absolute Gasteiger partial charge is 0.357 e. The number of amides is 1. The maximum absolute atomic E-state index is 10.9. The number of nitrogens with one attached hydrogen (secondary N) is 3. The smallest absolute Gasteiger partial charge is 0.216 e. The summed E-state index contributed by atoms with van der Waals surface area (Å²) in [5.41, 5.74) is 1.35. The molecule has 1 saturated heterocycles. The molecule has 1 aliphatic rings. The lowest BCUT2D eigenvalue weighted by atomic mass is 10.2. The topological polar surface area (TPSA) is 68.8 Å². The van der Waals surface area contributed by atoms with Crippen LogP contribution in [0.2, 0.25) is 0 Å². The van der Waals surface area contributed by atoms with E-state index < -0.39 is 0 Å². The van der Waals surface area contributed by atoms with Gasteiger partial charge in [0.05, 0.1) is 6.54 Å². The van der Waals surface area contributed by atoms with E-state index in [2.05, 4.69) is 70.0 Å². The van der Waals surface area contributed by atoms with E-state index in [1.54, 1.807) is 0 Å². The number of nitrogens with zero attached hydrogens (tertiary/aromatic N) is 2. The standard InChI is InChI=1S/C19H31N5O/c1-4-20-19(22-11-10-21-16(3)25)23-18-12-15(2)24(14-18)13-17-8-6-5-7-9-17/h5-9,15,18H,4,10-14H2,1-3H3,(H,21,25)(H2,20,22,23). The van der Waals surface area contributed by atoms with Gasteiger partial charge in [-0.3, -0.25) is 14.7 Å². The van der Waals surface area contributed by atoms with Gasteiger partial charge in [0.1, 0.15) is 0 Å². The molecule has 3 N–H and O–H groups in total. The SMILES string of the molecule is CCNC(=NCCNC(C)=O)NC1CC(C)N(Cc2ccccc2)C1. The van der Waals surface area contributed by atoms with E-state index >= 15 is 0 Å². The van der Waals surface area contributed by atoms with Gasteiger partial charge in [0.15, 0.2) is 5.96 Å². The number of guanidine groups is 1. The Morgan fingerprint density at radius 3 is 2.72 bits per heavy atom. The molecule has 1 heterocycles. The van der Waals surface area contributed by atoms with Crippen LogP contribution in [0.4, 0.5) is 0 Å². The van der Waals surface area contributed by atoms with E-state index in [0.717, 1.165) is 32.0 Å². The average molecular weight is 345 g/mol. The highest BCUT2D eigenvalue weighted by molar-refractivity contribution is 5.80. The van der Waals surface area contributed by atoms with E-state index in [1.807, 2.05) is 0 Å². The van der Waals surface area contributed by atoms with E-state index in [9.17, 15) is 4.79 Å². The van der Waals surface area contributed by atoms with Gasteiger partial charge >= 0.3 is 0 Å². The number of aliphatic imine (C=N–C) groups is 1. The summed E-state index contributed by atoms with van der Waals surface area (Å²) in [5.74, 6) is 0.806. The highest BCUT2D eigenvalue weighted by Crippen LogP contribution is 2.20. The van der Waals surface area contributed by atoms with Gasteiger partial charge in [-0.2, -0.15) is 0 Å². The zero-order valence-corrected chi connectivity index (χ0v) is 15.6. The van der Waals surface area contributed by atoms with Crippen LogP contribution in [-0.2, 0) is 11.3 Å². The van der Waals surface area contributed by atoms with Crippen molar-refractivity contribution >= 4 is 11.9 Å². The van der Waals surface area contributed by atoms with Gasteiger partial charge in [-0.05, 0) is 25.8 Å². The number of benzene rings is 1. The fourth-order valence-corrected chi connectivity index (χ4v) is 3.15. The normalized spacial score (nSPS) is 21.2. The fourth-order valence-electron chi connectivity index (χ4n) is 3.15. The minimum Gasteiger partial charge on any atom is -0.357 e. The van der Waals surface area contributed by atoms with Crippen molar-refractivity contribution in [1.82, 2.24) is 20.9 Å². The summed E-state index contributed by atoms with van der Waals surface area (Å²) in [6, 6.07) is 11.5. The summed E-state index contributed by atoms with van der Waals surface area (Å²) in [6.07, 6.45) is 1.10. The van der Waals surface area contributed by atoms with Crippen LogP contribution in [0.5, 0.6) is 0 Å². The Morgan fingerprint density at radius 2 is 2.04 bits per heavy atom. The molecule has 1 aliphatic heterocycles. The molecule has 25 heavy (non-hydrogen) atoms. The lowest BCUT2D eigenvalue weighted by Gasteiger charge is -2.21. The van der Waals surface area contributed by atoms with Crippen LogP contribution < -0.4 is 16.0 Å².